The molecule has 0 atom stereocenters. The van der Waals surface area contributed by atoms with Gasteiger partial charge in [0.05, 0.1) is 16.7 Å². The van der Waals surface area contributed by atoms with Crippen LogP contribution in [0.15, 0.2) is 41.6 Å². The summed E-state index contributed by atoms with van der Waals surface area (Å²) in [7, 11) is -1.99. The van der Waals surface area contributed by atoms with E-state index in [1.807, 2.05) is 20.8 Å². The van der Waals surface area contributed by atoms with Crippen LogP contribution >= 0.6 is 0 Å². The molecule has 130 valence electrons. The molecule has 0 aliphatic heterocycles. The molecule has 1 amide bonds. The maximum absolute atomic E-state index is 12.4. The lowest BCUT2D eigenvalue weighted by atomic mass is 10.3. The zero-order valence-corrected chi connectivity index (χ0v) is 15.0. The van der Waals surface area contributed by atoms with Gasteiger partial charge < -0.3 is 5.32 Å². The zero-order valence-electron chi connectivity index (χ0n) is 14.2. The van der Waals surface area contributed by atoms with Gasteiger partial charge in [0.25, 0.3) is 5.91 Å². The topological polar surface area (TPSA) is 84.3 Å². The first-order valence-corrected chi connectivity index (χ1v) is 9.11. The Bertz CT molecular complexity index is 810. The standard InChI is InChI=1S/C16H22N4O3S/c1-5-20-11-13(10-17-20)16(21)18-14-6-8-15(9-7-14)24(22,23)19(4)12(2)3/h6-12H,5H2,1-4H3,(H,18,21). The minimum absolute atomic E-state index is 0.135. The van der Waals surface area contributed by atoms with Gasteiger partial charge in [0, 0.05) is 31.5 Å². The van der Waals surface area contributed by atoms with Crippen LogP contribution in [0.4, 0.5) is 5.69 Å². The van der Waals surface area contributed by atoms with Gasteiger partial charge in [0.1, 0.15) is 0 Å². The van der Waals surface area contributed by atoms with Crippen LogP contribution in [0.2, 0.25) is 0 Å². The number of carbonyl (C=O) groups is 1. The first kappa shape index (κ1) is 18.2. The zero-order chi connectivity index (χ0) is 17.9. The number of nitrogens with zero attached hydrogens (tertiary/aromatic N) is 3. The van der Waals surface area contributed by atoms with Crippen LogP contribution in [0, 0.1) is 0 Å². The number of aromatic nitrogens is 2. The highest BCUT2D eigenvalue weighted by atomic mass is 32.2. The Morgan fingerprint density at radius 1 is 1.29 bits per heavy atom. The molecule has 0 saturated carbocycles. The normalized spacial score (nSPS) is 11.9. The lowest BCUT2D eigenvalue weighted by Crippen LogP contribution is -2.33. The minimum Gasteiger partial charge on any atom is -0.322 e. The molecule has 0 saturated heterocycles. The Morgan fingerprint density at radius 3 is 2.42 bits per heavy atom. The molecule has 0 bridgehead atoms. The second-order valence-corrected chi connectivity index (χ2v) is 7.68. The number of sulfonamides is 1. The Balaban J connectivity index is 2.13. The molecular weight excluding hydrogens is 328 g/mol. The summed E-state index contributed by atoms with van der Waals surface area (Å²) in [6, 6.07) is 5.98. The number of benzene rings is 1. The van der Waals surface area contributed by atoms with Crippen molar-refractivity contribution < 1.29 is 13.2 Å². The maximum atomic E-state index is 12.4. The molecule has 0 aliphatic rings. The molecule has 0 unspecified atom stereocenters. The predicted molar refractivity (Wildman–Crippen MR) is 92.4 cm³/mol. The fourth-order valence-electron chi connectivity index (χ4n) is 2.01. The molecular formula is C16H22N4O3S. The summed E-state index contributed by atoms with van der Waals surface area (Å²) in [5, 5.41) is 6.78. The van der Waals surface area contributed by atoms with Crippen LogP contribution in [0.1, 0.15) is 31.1 Å². The van der Waals surface area contributed by atoms with Crippen molar-refractivity contribution in [3.05, 3.63) is 42.2 Å². The Kier molecular flexibility index (Phi) is 5.40. The van der Waals surface area contributed by atoms with Crippen LogP contribution in [-0.2, 0) is 16.6 Å². The van der Waals surface area contributed by atoms with Crippen LogP contribution in [0.5, 0.6) is 0 Å². The summed E-state index contributed by atoms with van der Waals surface area (Å²) in [6.45, 7) is 6.23. The quantitative estimate of drug-likeness (QED) is 0.865. The lowest BCUT2D eigenvalue weighted by Gasteiger charge is -2.21. The van der Waals surface area contributed by atoms with E-state index in [9.17, 15) is 13.2 Å². The predicted octanol–water partition coefficient (Wildman–Crippen LogP) is 2.18. The van der Waals surface area contributed by atoms with Crippen molar-refractivity contribution in [2.75, 3.05) is 12.4 Å². The van der Waals surface area contributed by atoms with Crippen molar-refractivity contribution in [3.63, 3.8) is 0 Å². The molecule has 2 aromatic rings. The minimum atomic E-state index is -3.53. The maximum Gasteiger partial charge on any atom is 0.258 e. The summed E-state index contributed by atoms with van der Waals surface area (Å²) < 4.78 is 27.7. The highest BCUT2D eigenvalue weighted by molar-refractivity contribution is 7.89. The molecule has 0 spiro atoms. The van der Waals surface area contributed by atoms with E-state index in [-0.39, 0.29) is 16.8 Å². The van der Waals surface area contributed by atoms with E-state index in [0.717, 1.165) is 0 Å². The van der Waals surface area contributed by atoms with E-state index in [1.165, 1.54) is 22.6 Å². The number of hydrogen-bond acceptors (Lipinski definition) is 4. The second-order valence-electron chi connectivity index (χ2n) is 5.68. The summed E-state index contributed by atoms with van der Waals surface area (Å²) in [6.07, 6.45) is 3.15. The monoisotopic (exact) mass is 350 g/mol. The fraction of sp³-hybridized carbons (Fsp3) is 0.375. The first-order valence-electron chi connectivity index (χ1n) is 7.67. The molecule has 7 nitrogen and oxygen atoms in total. The molecule has 1 heterocycles. The van der Waals surface area contributed by atoms with Crippen molar-refractivity contribution in [3.8, 4) is 0 Å². The fourth-order valence-corrected chi connectivity index (χ4v) is 3.38. The largest absolute Gasteiger partial charge is 0.322 e. The van der Waals surface area contributed by atoms with Crippen LogP contribution in [0.25, 0.3) is 0 Å². The molecule has 0 aliphatic carbocycles. The summed E-state index contributed by atoms with van der Waals surface area (Å²) >= 11 is 0. The molecule has 2 rings (SSSR count). The van der Waals surface area contributed by atoms with Gasteiger partial charge in [0.2, 0.25) is 10.0 Å². The molecule has 0 fully saturated rings. The number of amides is 1. The molecule has 0 radical (unpaired) electrons. The van der Waals surface area contributed by atoms with Crippen LogP contribution in [-0.4, -0.2) is 41.5 Å². The number of carbonyl (C=O) groups excluding carboxylic acids is 1. The third kappa shape index (κ3) is 3.82. The van der Waals surface area contributed by atoms with Gasteiger partial charge in [-0.05, 0) is 45.0 Å². The van der Waals surface area contributed by atoms with Crippen molar-refractivity contribution in [2.45, 2.75) is 38.3 Å². The van der Waals surface area contributed by atoms with Gasteiger partial charge in [-0.15, -0.1) is 0 Å². The molecule has 24 heavy (non-hydrogen) atoms. The van der Waals surface area contributed by atoms with Crippen molar-refractivity contribution in [1.29, 1.82) is 0 Å². The Hall–Kier alpha value is -2.19. The highest BCUT2D eigenvalue weighted by Gasteiger charge is 2.22. The number of nitrogens with one attached hydrogen (secondary N) is 1. The number of rotatable bonds is 6. The summed E-state index contributed by atoms with van der Waals surface area (Å²) in [5.41, 5.74) is 0.975. The van der Waals surface area contributed by atoms with Gasteiger partial charge in [-0.1, -0.05) is 0 Å². The molecule has 1 N–H and O–H groups in total. The van der Waals surface area contributed by atoms with Gasteiger partial charge in [0.15, 0.2) is 0 Å². The van der Waals surface area contributed by atoms with E-state index in [4.69, 9.17) is 0 Å². The Labute approximate surface area is 142 Å². The van der Waals surface area contributed by atoms with Gasteiger partial charge >= 0.3 is 0 Å². The van der Waals surface area contributed by atoms with Gasteiger partial charge in [-0.25, -0.2) is 8.42 Å². The summed E-state index contributed by atoms with van der Waals surface area (Å²) in [4.78, 5) is 12.3. The third-order valence-electron chi connectivity index (χ3n) is 3.74. The smallest absolute Gasteiger partial charge is 0.258 e. The molecule has 8 heteroatoms. The van der Waals surface area contributed by atoms with E-state index in [0.29, 0.717) is 17.8 Å². The third-order valence-corrected chi connectivity index (χ3v) is 5.78. The molecule has 1 aromatic carbocycles. The van der Waals surface area contributed by atoms with Crippen LogP contribution in [0.3, 0.4) is 0 Å². The number of anilines is 1. The first-order chi connectivity index (χ1) is 11.3. The molecule has 1 aromatic heterocycles. The van der Waals surface area contributed by atoms with E-state index in [2.05, 4.69) is 10.4 Å². The van der Waals surface area contributed by atoms with Gasteiger partial charge in [-0.3, -0.25) is 9.48 Å². The second kappa shape index (κ2) is 7.14. The van der Waals surface area contributed by atoms with Crippen molar-refractivity contribution in [2.24, 2.45) is 0 Å². The Morgan fingerprint density at radius 2 is 1.92 bits per heavy atom. The van der Waals surface area contributed by atoms with Crippen molar-refractivity contribution in [1.82, 2.24) is 14.1 Å². The van der Waals surface area contributed by atoms with Gasteiger partial charge in [-0.2, -0.15) is 9.40 Å². The van der Waals surface area contributed by atoms with E-state index < -0.39 is 10.0 Å². The summed E-state index contributed by atoms with van der Waals surface area (Å²) in [5.74, 6) is -0.287. The van der Waals surface area contributed by atoms with E-state index >= 15 is 0 Å². The highest BCUT2D eigenvalue weighted by Crippen LogP contribution is 2.19. The number of hydrogen-bond donors (Lipinski definition) is 1. The van der Waals surface area contributed by atoms with Crippen LogP contribution < -0.4 is 5.32 Å². The van der Waals surface area contributed by atoms with Crippen molar-refractivity contribution >= 4 is 21.6 Å². The lowest BCUT2D eigenvalue weighted by molar-refractivity contribution is 0.102. The van der Waals surface area contributed by atoms with E-state index in [1.54, 1.807) is 30.1 Å². The number of aryl methyl sites for hydroxylation is 1. The average Bonchev–Trinajstić information content (AvgIpc) is 3.03. The SMILES string of the molecule is CCn1cc(C(=O)Nc2ccc(S(=O)(=O)N(C)C(C)C)cc2)cn1. The average molecular weight is 350 g/mol.